The van der Waals surface area contributed by atoms with Crippen LogP contribution in [-0.4, -0.2) is 40.9 Å². The van der Waals surface area contributed by atoms with E-state index in [9.17, 15) is 4.79 Å². The Bertz CT molecular complexity index is 886. The van der Waals surface area contributed by atoms with Gasteiger partial charge in [0.2, 0.25) is 5.91 Å². The van der Waals surface area contributed by atoms with Gasteiger partial charge in [-0.25, -0.2) is 0 Å². The Kier molecular flexibility index (Phi) is 5.47. The third-order valence-corrected chi connectivity index (χ3v) is 7.61. The van der Waals surface area contributed by atoms with Crippen LogP contribution in [-0.2, 0) is 11.3 Å². The monoisotopic (exact) mass is 400 g/mol. The van der Waals surface area contributed by atoms with Gasteiger partial charge in [-0.1, -0.05) is 79.9 Å². The van der Waals surface area contributed by atoms with Gasteiger partial charge in [-0.3, -0.25) is 9.69 Å². The van der Waals surface area contributed by atoms with Gasteiger partial charge >= 0.3 is 0 Å². The maximum Gasteiger partial charge on any atom is 0.247 e. The number of amides is 1. The maximum absolute atomic E-state index is 13.3. The van der Waals surface area contributed by atoms with E-state index in [1.165, 1.54) is 37.7 Å². The highest BCUT2D eigenvalue weighted by Crippen LogP contribution is 2.51. The average molecular weight is 401 g/mol. The molecule has 3 aliphatic rings. The van der Waals surface area contributed by atoms with Crippen molar-refractivity contribution >= 4 is 12.0 Å². The highest BCUT2D eigenvalue weighted by atomic mass is 16.2. The van der Waals surface area contributed by atoms with Crippen molar-refractivity contribution < 1.29 is 4.79 Å². The van der Waals surface area contributed by atoms with Crippen LogP contribution in [0.15, 0.2) is 66.7 Å². The number of fused-ring (bicyclic) bond motifs is 2. The van der Waals surface area contributed by atoms with Crippen LogP contribution in [0.3, 0.4) is 0 Å². The fraction of sp³-hybridized carbons (Fsp3) is 0.444. The van der Waals surface area contributed by atoms with Crippen molar-refractivity contribution in [3.63, 3.8) is 0 Å². The number of carbonyl (C=O) groups excluding carboxylic acids is 1. The van der Waals surface area contributed by atoms with E-state index in [0.717, 1.165) is 31.7 Å². The number of carbonyl (C=O) groups is 1. The number of rotatable bonds is 4. The van der Waals surface area contributed by atoms with Crippen molar-refractivity contribution in [2.75, 3.05) is 19.6 Å². The Morgan fingerprint density at radius 1 is 0.900 bits per heavy atom. The fourth-order valence-corrected chi connectivity index (χ4v) is 6.28. The third-order valence-electron chi connectivity index (χ3n) is 7.61. The number of nitrogens with zero attached hydrogens (tertiary/aromatic N) is 2. The summed E-state index contributed by atoms with van der Waals surface area (Å²) in [6.07, 6.45) is 9.98. The number of likely N-dealkylation sites (tertiary alicyclic amines) is 2. The van der Waals surface area contributed by atoms with E-state index in [4.69, 9.17) is 0 Å². The van der Waals surface area contributed by atoms with Gasteiger partial charge in [-0.15, -0.1) is 0 Å². The van der Waals surface area contributed by atoms with Crippen molar-refractivity contribution in [3.05, 3.63) is 77.9 Å². The second kappa shape index (κ2) is 8.39. The molecule has 1 saturated carbocycles. The van der Waals surface area contributed by atoms with Crippen molar-refractivity contribution in [1.82, 2.24) is 9.80 Å². The fourth-order valence-electron chi connectivity index (χ4n) is 6.28. The summed E-state index contributed by atoms with van der Waals surface area (Å²) in [5.41, 5.74) is 2.57. The molecule has 2 heterocycles. The van der Waals surface area contributed by atoms with Gasteiger partial charge in [-0.05, 0) is 36.0 Å². The van der Waals surface area contributed by atoms with Crippen LogP contribution >= 0.6 is 0 Å². The van der Waals surface area contributed by atoms with Crippen LogP contribution in [0.2, 0.25) is 0 Å². The molecule has 2 aliphatic heterocycles. The summed E-state index contributed by atoms with van der Waals surface area (Å²) >= 11 is 0. The molecule has 5 rings (SSSR count). The zero-order valence-corrected chi connectivity index (χ0v) is 17.7. The van der Waals surface area contributed by atoms with Crippen LogP contribution in [0.5, 0.6) is 0 Å². The van der Waals surface area contributed by atoms with E-state index in [1.807, 2.05) is 30.4 Å². The number of hydrogen-bond acceptors (Lipinski definition) is 2. The molecule has 0 radical (unpaired) electrons. The van der Waals surface area contributed by atoms with Gasteiger partial charge in [0.25, 0.3) is 0 Å². The van der Waals surface area contributed by atoms with Gasteiger partial charge < -0.3 is 4.90 Å². The lowest BCUT2D eigenvalue weighted by Crippen LogP contribution is -2.53. The standard InChI is InChI=1S/C27H32N2O/c30-26(15-14-22-10-4-1-5-11-22)29-20-24-19-28(18-23-12-6-2-7-13-23)21-25(24)27(29)16-8-3-9-17-27/h1-2,4-7,10-15,24-25H,3,8-9,16-21H2/b15-14+. The smallest absolute Gasteiger partial charge is 0.247 e. The zero-order chi connectivity index (χ0) is 20.4. The van der Waals surface area contributed by atoms with Gasteiger partial charge in [0.05, 0.1) is 0 Å². The summed E-state index contributed by atoms with van der Waals surface area (Å²) in [6, 6.07) is 21.0. The first-order valence-electron chi connectivity index (χ1n) is 11.6. The predicted octanol–water partition coefficient (Wildman–Crippen LogP) is 4.99. The molecule has 2 aromatic rings. The van der Waals surface area contributed by atoms with E-state index in [2.05, 4.69) is 52.3 Å². The first-order valence-corrected chi connectivity index (χ1v) is 11.6. The minimum absolute atomic E-state index is 0.0759. The lowest BCUT2D eigenvalue weighted by Gasteiger charge is -2.45. The summed E-state index contributed by atoms with van der Waals surface area (Å²) < 4.78 is 0. The molecule has 2 aromatic carbocycles. The van der Waals surface area contributed by atoms with Crippen molar-refractivity contribution in [1.29, 1.82) is 0 Å². The molecule has 1 amide bonds. The van der Waals surface area contributed by atoms with E-state index in [0.29, 0.717) is 11.8 Å². The Labute approximate surface area is 180 Å². The van der Waals surface area contributed by atoms with Crippen LogP contribution < -0.4 is 0 Å². The highest BCUT2D eigenvalue weighted by Gasteiger charge is 2.57. The van der Waals surface area contributed by atoms with E-state index < -0.39 is 0 Å². The first kappa shape index (κ1) is 19.6. The van der Waals surface area contributed by atoms with Crippen LogP contribution in [0.1, 0.15) is 43.2 Å². The van der Waals surface area contributed by atoms with Crippen molar-refractivity contribution in [3.8, 4) is 0 Å². The first-order chi connectivity index (χ1) is 14.7. The summed E-state index contributed by atoms with van der Waals surface area (Å²) in [6.45, 7) is 4.21. The lowest BCUT2D eigenvalue weighted by atomic mass is 9.71. The van der Waals surface area contributed by atoms with Crippen molar-refractivity contribution in [2.45, 2.75) is 44.2 Å². The molecule has 0 N–H and O–H groups in total. The Hall–Kier alpha value is -2.39. The summed E-state index contributed by atoms with van der Waals surface area (Å²) in [5.74, 6) is 1.45. The quantitative estimate of drug-likeness (QED) is 0.675. The van der Waals surface area contributed by atoms with E-state index >= 15 is 0 Å². The van der Waals surface area contributed by atoms with E-state index in [-0.39, 0.29) is 11.4 Å². The Balaban J connectivity index is 1.33. The predicted molar refractivity (Wildman–Crippen MR) is 122 cm³/mol. The topological polar surface area (TPSA) is 23.6 Å². The largest absolute Gasteiger partial charge is 0.333 e. The number of benzene rings is 2. The SMILES string of the molecule is O=C(/C=C/c1ccccc1)N1CC2CN(Cc3ccccc3)CC2C12CCCCC2. The summed E-state index contributed by atoms with van der Waals surface area (Å²) in [7, 11) is 0. The molecular formula is C27H32N2O. The molecule has 0 aromatic heterocycles. The second-order valence-corrected chi connectivity index (χ2v) is 9.40. The van der Waals surface area contributed by atoms with Gasteiger partial charge in [0.1, 0.15) is 0 Å². The molecule has 30 heavy (non-hydrogen) atoms. The van der Waals surface area contributed by atoms with Crippen LogP contribution in [0, 0.1) is 11.8 Å². The molecule has 2 unspecified atom stereocenters. The zero-order valence-electron chi connectivity index (χ0n) is 17.7. The molecule has 156 valence electrons. The molecule has 1 spiro atoms. The lowest BCUT2D eigenvalue weighted by molar-refractivity contribution is -0.132. The van der Waals surface area contributed by atoms with Gasteiger partial charge in [0, 0.05) is 43.7 Å². The molecule has 1 aliphatic carbocycles. The highest BCUT2D eigenvalue weighted by molar-refractivity contribution is 5.92. The normalized spacial score (nSPS) is 25.8. The molecule has 3 fully saturated rings. The molecule has 0 bridgehead atoms. The van der Waals surface area contributed by atoms with Crippen LogP contribution in [0.4, 0.5) is 0 Å². The van der Waals surface area contributed by atoms with Crippen LogP contribution in [0.25, 0.3) is 6.08 Å². The van der Waals surface area contributed by atoms with E-state index in [1.54, 1.807) is 0 Å². The maximum atomic E-state index is 13.3. The summed E-state index contributed by atoms with van der Waals surface area (Å²) in [5, 5.41) is 0. The number of hydrogen-bond donors (Lipinski definition) is 0. The minimum Gasteiger partial charge on any atom is -0.333 e. The third kappa shape index (κ3) is 3.72. The van der Waals surface area contributed by atoms with Gasteiger partial charge in [0.15, 0.2) is 0 Å². The van der Waals surface area contributed by atoms with Crippen molar-refractivity contribution in [2.24, 2.45) is 11.8 Å². The minimum atomic E-state index is 0.0759. The molecule has 2 atom stereocenters. The van der Waals surface area contributed by atoms with Gasteiger partial charge in [-0.2, -0.15) is 0 Å². The molecule has 2 saturated heterocycles. The molecule has 3 heteroatoms. The average Bonchev–Trinajstić information content (AvgIpc) is 3.31. The molecule has 3 nitrogen and oxygen atoms in total. The Morgan fingerprint density at radius 3 is 2.33 bits per heavy atom. The Morgan fingerprint density at radius 2 is 1.60 bits per heavy atom. The second-order valence-electron chi connectivity index (χ2n) is 9.40. The summed E-state index contributed by atoms with van der Waals surface area (Å²) in [4.78, 5) is 18.2. The molecular weight excluding hydrogens is 368 g/mol.